The highest BCUT2D eigenvalue weighted by molar-refractivity contribution is 5.79. The molecule has 2 aliphatic rings. The van der Waals surface area contributed by atoms with Gasteiger partial charge in [-0.3, -0.25) is 14.5 Å². The van der Waals surface area contributed by atoms with E-state index in [4.69, 9.17) is 4.74 Å². The number of amides is 2. The Morgan fingerprint density at radius 2 is 1.70 bits per heavy atom. The number of carbonyl (C=O) groups is 2. The number of rotatable bonds is 7. The molecule has 1 fully saturated rings. The van der Waals surface area contributed by atoms with E-state index >= 15 is 0 Å². The molecule has 0 spiro atoms. The fourth-order valence-electron chi connectivity index (χ4n) is 4.09. The minimum Gasteiger partial charge on any atom is -0.484 e. The molecule has 0 unspecified atom stereocenters. The number of aryl methyl sites for hydroxylation is 2. The summed E-state index contributed by atoms with van der Waals surface area (Å²) in [7, 11) is 0. The third-order valence-electron chi connectivity index (χ3n) is 5.86. The summed E-state index contributed by atoms with van der Waals surface area (Å²) in [5.41, 5.74) is 3.83. The van der Waals surface area contributed by atoms with Gasteiger partial charge in [0.25, 0.3) is 5.91 Å². The summed E-state index contributed by atoms with van der Waals surface area (Å²) in [6.07, 6.45) is 3.44. The normalized spacial score (nSPS) is 16.2. The Kier molecular flexibility index (Phi) is 6.64. The Balaban J connectivity index is 1.16. The number of piperazine rings is 1. The van der Waals surface area contributed by atoms with Crippen molar-refractivity contribution in [3.05, 3.63) is 65.2 Å². The van der Waals surface area contributed by atoms with Gasteiger partial charge in [0.15, 0.2) is 6.61 Å². The molecule has 6 nitrogen and oxygen atoms in total. The van der Waals surface area contributed by atoms with Gasteiger partial charge in [0.2, 0.25) is 5.91 Å². The fourth-order valence-corrected chi connectivity index (χ4v) is 4.09. The van der Waals surface area contributed by atoms with Crippen LogP contribution in [-0.4, -0.2) is 60.9 Å². The first-order valence-electron chi connectivity index (χ1n) is 10.7. The zero-order valence-electron chi connectivity index (χ0n) is 17.3. The monoisotopic (exact) mass is 407 g/mol. The largest absolute Gasteiger partial charge is 0.484 e. The van der Waals surface area contributed by atoms with E-state index in [2.05, 4.69) is 22.3 Å². The molecule has 30 heavy (non-hydrogen) atoms. The third-order valence-corrected chi connectivity index (χ3v) is 5.86. The molecule has 0 radical (unpaired) electrons. The van der Waals surface area contributed by atoms with Crippen LogP contribution in [0.15, 0.2) is 48.5 Å². The molecule has 4 rings (SSSR count). The Bertz CT molecular complexity index is 877. The van der Waals surface area contributed by atoms with Crippen LogP contribution >= 0.6 is 0 Å². The van der Waals surface area contributed by atoms with Crippen LogP contribution in [0.3, 0.4) is 0 Å². The Labute approximate surface area is 177 Å². The molecule has 158 valence electrons. The van der Waals surface area contributed by atoms with E-state index in [1.807, 2.05) is 41.3 Å². The van der Waals surface area contributed by atoms with Crippen molar-refractivity contribution in [3.8, 4) is 5.75 Å². The van der Waals surface area contributed by atoms with Crippen LogP contribution in [0.4, 0.5) is 0 Å². The molecule has 1 N–H and O–H groups in total. The van der Waals surface area contributed by atoms with Crippen LogP contribution in [0.1, 0.15) is 23.1 Å². The van der Waals surface area contributed by atoms with Crippen molar-refractivity contribution in [1.82, 2.24) is 15.1 Å². The van der Waals surface area contributed by atoms with Gasteiger partial charge in [-0.2, -0.15) is 0 Å². The van der Waals surface area contributed by atoms with E-state index in [0.717, 1.165) is 24.2 Å². The van der Waals surface area contributed by atoms with E-state index in [-0.39, 0.29) is 18.4 Å². The molecule has 0 saturated carbocycles. The van der Waals surface area contributed by atoms with Crippen LogP contribution in [0.25, 0.3) is 0 Å². The second-order valence-electron chi connectivity index (χ2n) is 7.99. The summed E-state index contributed by atoms with van der Waals surface area (Å²) >= 11 is 0. The molecule has 0 atom stereocenters. The van der Waals surface area contributed by atoms with Gasteiger partial charge in [-0.1, -0.05) is 36.4 Å². The Hall–Kier alpha value is -2.86. The van der Waals surface area contributed by atoms with Gasteiger partial charge < -0.3 is 15.0 Å². The lowest BCUT2D eigenvalue weighted by Crippen LogP contribution is -2.52. The second kappa shape index (κ2) is 9.76. The van der Waals surface area contributed by atoms with E-state index < -0.39 is 0 Å². The second-order valence-corrected chi connectivity index (χ2v) is 7.99. The third kappa shape index (κ3) is 5.39. The standard InChI is InChI=1S/C24H29N3O3/c28-23(25-16-19-5-2-1-3-6-19)17-26-11-13-27(14-12-26)24(29)18-30-22-10-9-20-7-4-8-21(20)15-22/h1-3,5-6,9-10,15H,4,7-8,11-14,16-18H2,(H,25,28). The summed E-state index contributed by atoms with van der Waals surface area (Å²) in [6.45, 7) is 3.61. The Morgan fingerprint density at radius 3 is 2.50 bits per heavy atom. The van der Waals surface area contributed by atoms with Crippen molar-refractivity contribution in [1.29, 1.82) is 0 Å². The summed E-state index contributed by atoms with van der Waals surface area (Å²) in [6, 6.07) is 16.0. The summed E-state index contributed by atoms with van der Waals surface area (Å²) in [5, 5.41) is 2.96. The van der Waals surface area contributed by atoms with Gasteiger partial charge >= 0.3 is 0 Å². The minimum atomic E-state index is 0.00341. The molecule has 2 amide bonds. The fraction of sp³-hybridized carbons (Fsp3) is 0.417. The number of carbonyl (C=O) groups excluding carboxylic acids is 2. The molecular weight excluding hydrogens is 378 g/mol. The highest BCUT2D eigenvalue weighted by atomic mass is 16.5. The average Bonchev–Trinajstić information content (AvgIpc) is 3.25. The van der Waals surface area contributed by atoms with Gasteiger partial charge in [-0.25, -0.2) is 0 Å². The number of hydrogen-bond acceptors (Lipinski definition) is 4. The van der Waals surface area contributed by atoms with Crippen molar-refractivity contribution >= 4 is 11.8 Å². The van der Waals surface area contributed by atoms with Gasteiger partial charge in [-0.15, -0.1) is 0 Å². The number of nitrogens with one attached hydrogen (secondary N) is 1. The average molecular weight is 408 g/mol. The predicted molar refractivity (Wildman–Crippen MR) is 115 cm³/mol. The van der Waals surface area contributed by atoms with Gasteiger partial charge in [0, 0.05) is 32.7 Å². The zero-order valence-corrected chi connectivity index (χ0v) is 17.3. The molecule has 0 aromatic heterocycles. The number of ether oxygens (including phenoxy) is 1. The first kappa shape index (κ1) is 20.4. The number of fused-ring (bicyclic) bond motifs is 1. The van der Waals surface area contributed by atoms with Gasteiger partial charge in [0.1, 0.15) is 5.75 Å². The first-order chi connectivity index (χ1) is 14.7. The molecule has 2 aromatic rings. The molecule has 2 aromatic carbocycles. The van der Waals surface area contributed by atoms with Crippen molar-refractivity contribution in [2.24, 2.45) is 0 Å². The van der Waals surface area contributed by atoms with E-state index in [9.17, 15) is 9.59 Å². The quantitative estimate of drug-likeness (QED) is 0.763. The maximum Gasteiger partial charge on any atom is 0.260 e. The maximum atomic E-state index is 12.5. The number of benzene rings is 2. The topological polar surface area (TPSA) is 61.9 Å². The SMILES string of the molecule is O=C(CN1CCN(C(=O)COc2ccc3c(c2)CCC3)CC1)NCc1ccccc1. The maximum absolute atomic E-state index is 12.5. The smallest absolute Gasteiger partial charge is 0.260 e. The lowest BCUT2D eigenvalue weighted by Gasteiger charge is -2.34. The lowest BCUT2D eigenvalue weighted by molar-refractivity contribution is -0.135. The number of hydrogen-bond donors (Lipinski definition) is 1. The zero-order chi connectivity index (χ0) is 20.8. The molecule has 1 saturated heterocycles. The van der Waals surface area contributed by atoms with Crippen LogP contribution in [0.5, 0.6) is 5.75 Å². The highest BCUT2D eigenvalue weighted by Gasteiger charge is 2.23. The minimum absolute atomic E-state index is 0.00341. The van der Waals surface area contributed by atoms with Crippen molar-refractivity contribution in [2.75, 3.05) is 39.3 Å². The van der Waals surface area contributed by atoms with Crippen LogP contribution in [0.2, 0.25) is 0 Å². The van der Waals surface area contributed by atoms with Crippen molar-refractivity contribution < 1.29 is 14.3 Å². The number of nitrogens with zero attached hydrogens (tertiary/aromatic N) is 2. The van der Waals surface area contributed by atoms with Crippen LogP contribution in [-0.2, 0) is 29.0 Å². The van der Waals surface area contributed by atoms with Crippen molar-refractivity contribution in [2.45, 2.75) is 25.8 Å². The van der Waals surface area contributed by atoms with E-state index in [0.29, 0.717) is 39.3 Å². The molecule has 1 aliphatic heterocycles. The molecular formula is C24H29N3O3. The van der Waals surface area contributed by atoms with Gasteiger partial charge in [-0.05, 0) is 48.1 Å². The highest BCUT2D eigenvalue weighted by Crippen LogP contribution is 2.26. The summed E-state index contributed by atoms with van der Waals surface area (Å²) in [5.74, 6) is 0.792. The van der Waals surface area contributed by atoms with Crippen molar-refractivity contribution in [3.63, 3.8) is 0 Å². The first-order valence-corrected chi connectivity index (χ1v) is 10.7. The predicted octanol–water partition coefficient (Wildman–Crippen LogP) is 2.01. The summed E-state index contributed by atoms with van der Waals surface area (Å²) < 4.78 is 5.74. The van der Waals surface area contributed by atoms with E-state index in [1.165, 1.54) is 17.5 Å². The molecule has 0 bridgehead atoms. The Morgan fingerprint density at radius 1 is 0.933 bits per heavy atom. The molecule has 1 aliphatic carbocycles. The molecule has 1 heterocycles. The van der Waals surface area contributed by atoms with Crippen LogP contribution in [0, 0.1) is 0 Å². The van der Waals surface area contributed by atoms with E-state index in [1.54, 1.807) is 0 Å². The lowest BCUT2D eigenvalue weighted by atomic mass is 10.1. The van der Waals surface area contributed by atoms with Gasteiger partial charge in [0.05, 0.1) is 6.54 Å². The molecule has 6 heteroatoms. The summed E-state index contributed by atoms with van der Waals surface area (Å²) in [4.78, 5) is 28.6. The van der Waals surface area contributed by atoms with Crippen LogP contribution < -0.4 is 10.1 Å².